The van der Waals surface area contributed by atoms with Crippen molar-refractivity contribution in [3.63, 3.8) is 0 Å². The molecular weight excluding hydrogens is 364 g/mol. The average molecular weight is 386 g/mol. The molecule has 0 radical (unpaired) electrons. The van der Waals surface area contributed by atoms with Crippen molar-refractivity contribution >= 4 is 17.6 Å². The van der Waals surface area contributed by atoms with Crippen molar-refractivity contribution in [2.45, 2.75) is 31.7 Å². The monoisotopic (exact) mass is 386 g/mol. The summed E-state index contributed by atoms with van der Waals surface area (Å²) in [5.74, 6) is 0.646. The van der Waals surface area contributed by atoms with E-state index in [1.54, 1.807) is 38.7 Å². The summed E-state index contributed by atoms with van der Waals surface area (Å²) in [5, 5.41) is 14.7. The van der Waals surface area contributed by atoms with Gasteiger partial charge in [0.2, 0.25) is 5.91 Å². The van der Waals surface area contributed by atoms with Gasteiger partial charge in [-0.05, 0) is 36.8 Å². The number of hydrogen-bond acceptors (Lipinski definition) is 6. The Hall–Kier alpha value is -3.29. The highest BCUT2D eigenvalue weighted by Gasteiger charge is 2.34. The molecule has 1 aliphatic heterocycles. The number of ether oxygens (including phenoxy) is 2. The number of carbonyl (C=O) groups is 2. The Bertz CT molecular complexity index is 875. The molecule has 2 aromatic rings. The molecule has 1 aromatic heterocycles. The van der Waals surface area contributed by atoms with E-state index >= 15 is 0 Å². The van der Waals surface area contributed by atoms with Crippen molar-refractivity contribution in [2.24, 2.45) is 5.10 Å². The molecule has 0 bridgehead atoms. The molecule has 0 aliphatic carbocycles. The Morgan fingerprint density at radius 1 is 1.21 bits per heavy atom. The number of carboxylic acids is 1. The van der Waals surface area contributed by atoms with Crippen LogP contribution in [-0.2, 0) is 9.59 Å². The van der Waals surface area contributed by atoms with Crippen LogP contribution in [0.15, 0.2) is 46.1 Å². The van der Waals surface area contributed by atoms with Crippen molar-refractivity contribution in [3.8, 4) is 11.5 Å². The van der Waals surface area contributed by atoms with E-state index < -0.39 is 5.97 Å². The third-order valence-electron chi connectivity index (χ3n) is 4.54. The fourth-order valence-electron chi connectivity index (χ4n) is 3.14. The van der Waals surface area contributed by atoms with Gasteiger partial charge in [-0.2, -0.15) is 5.10 Å². The first kappa shape index (κ1) is 19.5. The van der Waals surface area contributed by atoms with Gasteiger partial charge < -0.3 is 19.0 Å². The molecule has 1 amide bonds. The van der Waals surface area contributed by atoms with E-state index in [1.807, 2.05) is 12.1 Å². The predicted octanol–water partition coefficient (Wildman–Crippen LogP) is 3.23. The van der Waals surface area contributed by atoms with Gasteiger partial charge in [-0.25, -0.2) is 5.01 Å². The smallest absolute Gasteiger partial charge is 0.303 e. The first-order valence-electron chi connectivity index (χ1n) is 8.90. The minimum Gasteiger partial charge on any atom is -0.493 e. The lowest BCUT2D eigenvalue weighted by Gasteiger charge is -2.19. The summed E-state index contributed by atoms with van der Waals surface area (Å²) < 4.78 is 16.1. The normalized spacial score (nSPS) is 16.0. The first-order valence-corrected chi connectivity index (χ1v) is 8.90. The second-order valence-electron chi connectivity index (χ2n) is 6.34. The Morgan fingerprint density at radius 2 is 2.00 bits per heavy atom. The summed E-state index contributed by atoms with van der Waals surface area (Å²) in [4.78, 5) is 23.4. The molecule has 1 aliphatic rings. The molecular formula is C20H22N2O6. The second kappa shape index (κ2) is 8.60. The molecule has 0 spiro atoms. The molecule has 148 valence electrons. The molecule has 8 nitrogen and oxygen atoms in total. The van der Waals surface area contributed by atoms with Crippen molar-refractivity contribution in [2.75, 3.05) is 14.2 Å². The molecule has 1 N–H and O–H groups in total. The highest BCUT2D eigenvalue weighted by atomic mass is 16.5. The number of nitrogens with zero attached hydrogens (tertiary/aromatic N) is 2. The fourth-order valence-corrected chi connectivity index (χ4v) is 3.14. The third-order valence-corrected chi connectivity index (χ3v) is 4.54. The van der Waals surface area contributed by atoms with E-state index in [0.29, 0.717) is 29.4 Å². The third kappa shape index (κ3) is 4.16. The van der Waals surface area contributed by atoms with Gasteiger partial charge in [0.15, 0.2) is 11.5 Å². The van der Waals surface area contributed by atoms with Gasteiger partial charge in [0, 0.05) is 24.8 Å². The number of benzene rings is 1. The van der Waals surface area contributed by atoms with Gasteiger partial charge in [0.1, 0.15) is 11.8 Å². The number of aliphatic carboxylic acids is 1. The van der Waals surface area contributed by atoms with Crippen molar-refractivity contribution < 1.29 is 28.6 Å². The van der Waals surface area contributed by atoms with Gasteiger partial charge in [-0.15, -0.1) is 0 Å². The van der Waals surface area contributed by atoms with Gasteiger partial charge >= 0.3 is 5.97 Å². The summed E-state index contributed by atoms with van der Waals surface area (Å²) in [5.41, 5.74) is 1.53. The molecule has 0 saturated heterocycles. The number of methoxy groups -OCH3 is 2. The van der Waals surface area contributed by atoms with Crippen LogP contribution in [0.25, 0.3) is 0 Å². The van der Waals surface area contributed by atoms with E-state index in [0.717, 1.165) is 5.56 Å². The van der Waals surface area contributed by atoms with Crippen LogP contribution in [0.1, 0.15) is 43.0 Å². The Labute approximate surface area is 162 Å². The molecule has 8 heteroatoms. The number of hydrogen-bond donors (Lipinski definition) is 1. The fraction of sp³-hybridized carbons (Fsp3) is 0.350. The van der Waals surface area contributed by atoms with Crippen molar-refractivity contribution in [1.82, 2.24) is 5.01 Å². The minimum atomic E-state index is -0.925. The average Bonchev–Trinajstić information content (AvgIpc) is 3.36. The molecule has 1 aromatic carbocycles. The number of amides is 1. The highest BCUT2D eigenvalue weighted by molar-refractivity contribution is 6.03. The van der Waals surface area contributed by atoms with E-state index in [9.17, 15) is 9.59 Å². The van der Waals surface area contributed by atoms with Crippen LogP contribution in [0.4, 0.5) is 0 Å². The number of carboxylic acid groups (broad SMARTS) is 1. The van der Waals surface area contributed by atoms with Crippen LogP contribution < -0.4 is 9.47 Å². The first-order chi connectivity index (χ1) is 13.5. The predicted molar refractivity (Wildman–Crippen MR) is 100 cm³/mol. The molecule has 0 saturated carbocycles. The lowest BCUT2D eigenvalue weighted by atomic mass is 10.0. The quantitative estimate of drug-likeness (QED) is 0.747. The minimum absolute atomic E-state index is 0.0583. The van der Waals surface area contributed by atoms with Crippen LogP contribution in [0.2, 0.25) is 0 Å². The second-order valence-corrected chi connectivity index (χ2v) is 6.34. The number of hydrazone groups is 1. The standard InChI is InChI=1S/C20H22N2O6/c1-26-17-9-8-13(11-18(17)27-2)14-12-15(16-5-4-10-28-16)22(21-14)19(23)6-3-7-20(24)25/h4-5,8-11,15H,3,6-7,12H2,1-2H3,(H,24,25). The zero-order valence-electron chi connectivity index (χ0n) is 15.8. The lowest BCUT2D eigenvalue weighted by Crippen LogP contribution is -2.26. The maximum Gasteiger partial charge on any atom is 0.303 e. The van der Waals surface area contributed by atoms with Crippen LogP contribution in [0, 0.1) is 0 Å². The van der Waals surface area contributed by atoms with Crippen LogP contribution in [0.5, 0.6) is 11.5 Å². The molecule has 2 heterocycles. The number of furan rings is 1. The highest BCUT2D eigenvalue weighted by Crippen LogP contribution is 2.35. The van der Waals surface area contributed by atoms with Gasteiger partial charge in [0.05, 0.1) is 26.2 Å². The van der Waals surface area contributed by atoms with Gasteiger partial charge in [-0.1, -0.05) is 0 Å². The van der Waals surface area contributed by atoms with Crippen LogP contribution in [0.3, 0.4) is 0 Å². The number of carbonyl (C=O) groups excluding carboxylic acids is 1. The molecule has 1 unspecified atom stereocenters. The number of rotatable bonds is 8. The van der Waals surface area contributed by atoms with E-state index in [2.05, 4.69) is 5.10 Å². The molecule has 28 heavy (non-hydrogen) atoms. The topological polar surface area (TPSA) is 102 Å². The van der Waals surface area contributed by atoms with Gasteiger partial charge in [-0.3, -0.25) is 9.59 Å². The summed E-state index contributed by atoms with van der Waals surface area (Å²) in [6.45, 7) is 0. The van der Waals surface area contributed by atoms with Crippen molar-refractivity contribution in [1.29, 1.82) is 0 Å². The zero-order valence-corrected chi connectivity index (χ0v) is 15.8. The summed E-state index contributed by atoms with van der Waals surface area (Å²) in [6, 6.07) is 8.66. The van der Waals surface area contributed by atoms with E-state index in [4.69, 9.17) is 19.0 Å². The summed E-state index contributed by atoms with van der Waals surface area (Å²) in [7, 11) is 3.12. The lowest BCUT2D eigenvalue weighted by molar-refractivity contribution is -0.137. The largest absolute Gasteiger partial charge is 0.493 e. The van der Waals surface area contributed by atoms with Gasteiger partial charge in [0.25, 0.3) is 0 Å². The van der Waals surface area contributed by atoms with Crippen LogP contribution in [-0.4, -0.2) is 41.9 Å². The molecule has 1 atom stereocenters. The van der Waals surface area contributed by atoms with E-state index in [-0.39, 0.29) is 31.2 Å². The maximum atomic E-state index is 12.7. The molecule has 3 rings (SSSR count). The van der Waals surface area contributed by atoms with Crippen LogP contribution >= 0.6 is 0 Å². The summed E-state index contributed by atoms with van der Waals surface area (Å²) >= 11 is 0. The Kier molecular flexibility index (Phi) is 5.98. The maximum absolute atomic E-state index is 12.7. The Balaban J connectivity index is 1.86. The van der Waals surface area contributed by atoms with E-state index in [1.165, 1.54) is 5.01 Å². The summed E-state index contributed by atoms with van der Waals surface area (Å²) in [6.07, 6.45) is 2.34. The molecule has 0 fully saturated rings. The van der Waals surface area contributed by atoms with Crippen molar-refractivity contribution in [3.05, 3.63) is 47.9 Å². The zero-order chi connectivity index (χ0) is 20.1. The Morgan fingerprint density at radius 3 is 2.64 bits per heavy atom. The SMILES string of the molecule is COc1ccc(C2=NN(C(=O)CCCC(=O)O)C(c3ccco3)C2)cc1OC.